The average molecular weight is 442 g/mol. The van der Waals surface area contributed by atoms with Gasteiger partial charge in [-0.2, -0.15) is 0 Å². The molecule has 31 heavy (non-hydrogen) atoms. The van der Waals surface area contributed by atoms with Crippen molar-refractivity contribution in [1.82, 2.24) is 14.9 Å². The number of rotatable bonds is 8. The first-order chi connectivity index (χ1) is 14.9. The van der Waals surface area contributed by atoms with Crippen molar-refractivity contribution in [2.24, 2.45) is 0 Å². The highest BCUT2D eigenvalue weighted by molar-refractivity contribution is 7.89. The van der Waals surface area contributed by atoms with E-state index in [0.29, 0.717) is 18.2 Å². The maximum Gasteiger partial charge on any atom is 0.251 e. The number of carbonyl (C=O) groups is 1. The van der Waals surface area contributed by atoms with Crippen LogP contribution in [0.3, 0.4) is 0 Å². The predicted molar refractivity (Wildman–Crippen MR) is 121 cm³/mol. The third-order valence-electron chi connectivity index (χ3n) is 6.18. The Morgan fingerprint density at radius 1 is 1.03 bits per heavy atom. The Kier molecular flexibility index (Phi) is 6.74. The minimum absolute atomic E-state index is 0.0293. The van der Waals surface area contributed by atoms with Gasteiger partial charge in [-0.1, -0.05) is 36.8 Å². The number of piperidine rings is 1. The highest BCUT2D eigenvalue weighted by Crippen LogP contribution is 2.23. The molecule has 2 aromatic carbocycles. The summed E-state index contributed by atoms with van der Waals surface area (Å²) in [5.41, 5.74) is 2.66. The Morgan fingerprint density at radius 3 is 2.55 bits per heavy atom. The minimum atomic E-state index is -3.58. The van der Waals surface area contributed by atoms with Crippen molar-refractivity contribution in [3.05, 3.63) is 65.2 Å². The van der Waals surface area contributed by atoms with Gasteiger partial charge in [0.2, 0.25) is 10.0 Å². The number of hydrogen-bond acceptors (Lipinski definition) is 4. The predicted octanol–water partition coefficient (Wildman–Crippen LogP) is 3.43. The van der Waals surface area contributed by atoms with Crippen LogP contribution in [0, 0.1) is 0 Å². The van der Waals surface area contributed by atoms with E-state index < -0.39 is 10.0 Å². The Labute approximate surface area is 185 Å². The summed E-state index contributed by atoms with van der Waals surface area (Å²) in [4.78, 5) is 15.4. The smallest absolute Gasteiger partial charge is 0.251 e. The molecule has 1 unspecified atom stereocenters. The molecule has 166 valence electrons. The molecule has 1 saturated heterocycles. The molecule has 2 fully saturated rings. The minimum Gasteiger partial charge on any atom is -0.348 e. The van der Waals surface area contributed by atoms with E-state index in [2.05, 4.69) is 27.9 Å². The standard InChI is InChI=1S/C24H31N3O3S/c1-18-7-4-5-14-27(18)17-21-9-3-2-8-20(21)16-25-24(28)19-10-6-11-23(15-19)31(29,30)26-22-12-13-22/h2-3,6,8-11,15,18,22,26H,4-5,7,12-14,16-17H2,1H3,(H,25,28). The fraction of sp³-hybridized carbons (Fsp3) is 0.458. The van der Waals surface area contributed by atoms with Crippen LogP contribution in [0.25, 0.3) is 0 Å². The lowest BCUT2D eigenvalue weighted by atomic mass is 10.0. The van der Waals surface area contributed by atoms with Crippen LogP contribution < -0.4 is 10.0 Å². The molecule has 0 spiro atoms. The van der Waals surface area contributed by atoms with Gasteiger partial charge in [-0.05, 0) is 68.5 Å². The van der Waals surface area contributed by atoms with E-state index in [9.17, 15) is 13.2 Å². The SMILES string of the molecule is CC1CCCCN1Cc1ccccc1CNC(=O)c1cccc(S(=O)(=O)NC2CC2)c1. The van der Waals surface area contributed by atoms with E-state index in [0.717, 1.165) is 31.5 Å². The molecule has 2 aliphatic rings. The van der Waals surface area contributed by atoms with Gasteiger partial charge in [0.15, 0.2) is 0 Å². The van der Waals surface area contributed by atoms with Crippen molar-refractivity contribution in [1.29, 1.82) is 0 Å². The van der Waals surface area contributed by atoms with Crippen LogP contribution in [0.4, 0.5) is 0 Å². The molecule has 1 saturated carbocycles. The summed E-state index contributed by atoms with van der Waals surface area (Å²) in [5.74, 6) is -0.274. The van der Waals surface area contributed by atoms with Crippen LogP contribution in [0.15, 0.2) is 53.4 Å². The second-order valence-electron chi connectivity index (χ2n) is 8.69. The first-order valence-corrected chi connectivity index (χ1v) is 12.6. The zero-order chi connectivity index (χ0) is 21.8. The van der Waals surface area contributed by atoms with E-state index in [1.165, 1.54) is 37.0 Å². The molecule has 0 bridgehead atoms. The van der Waals surface area contributed by atoms with E-state index in [-0.39, 0.29) is 16.8 Å². The summed E-state index contributed by atoms with van der Waals surface area (Å²) in [5, 5.41) is 2.96. The van der Waals surface area contributed by atoms with Gasteiger partial charge in [0, 0.05) is 30.7 Å². The third kappa shape index (κ3) is 5.73. The van der Waals surface area contributed by atoms with Gasteiger partial charge >= 0.3 is 0 Å². The van der Waals surface area contributed by atoms with Gasteiger partial charge in [-0.25, -0.2) is 13.1 Å². The lowest BCUT2D eigenvalue weighted by Crippen LogP contribution is -2.37. The van der Waals surface area contributed by atoms with Gasteiger partial charge in [-0.3, -0.25) is 9.69 Å². The monoisotopic (exact) mass is 441 g/mol. The molecule has 6 nitrogen and oxygen atoms in total. The van der Waals surface area contributed by atoms with Crippen molar-refractivity contribution in [2.45, 2.75) is 69.1 Å². The molecule has 0 aromatic heterocycles. The zero-order valence-electron chi connectivity index (χ0n) is 18.0. The molecule has 2 aromatic rings. The largest absolute Gasteiger partial charge is 0.348 e. The van der Waals surface area contributed by atoms with Crippen molar-refractivity contribution >= 4 is 15.9 Å². The Hall–Kier alpha value is -2.22. The fourth-order valence-corrected chi connectivity index (χ4v) is 5.42. The number of carbonyl (C=O) groups excluding carboxylic acids is 1. The van der Waals surface area contributed by atoms with Crippen molar-refractivity contribution < 1.29 is 13.2 Å². The van der Waals surface area contributed by atoms with Crippen LogP contribution in [-0.2, 0) is 23.1 Å². The number of likely N-dealkylation sites (tertiary alicyclic amines) is 1. The molecule has 1 aliphatic heterocycles. The maximum absolute atomic E-state index is 12.7. The zero-order valence-corrected chi connectivity index (χ0v) is 18.8. The first-order valence-electron chi connectivity index (χ1n) is 11.1. The normalized spacial score (nSPS) is 19.8. The average Bonchev–Trinajstić information content (AvgIpc) is 3.58. The molecular formula is C24H31N3O3S. The van der Waals surface area contributed by atoms with Gasteiger partial charge in [0.1, 0.15) is 0 Å². The first kappa shape index (κ1) is 22.0. The second-order valence-corrected chi connectivity index (χ2v) is 10.4. The molecular weight excluding hydrogens is 410 g/mol. The maximum atomic E-state index is 12.7. The Morgan fingerprint density at radius 2 is 1.81 bits per heavy atom. The second kappa shape index (κ2) is 9.51. The molecule has 4 rings (SSSR count). The van der Waals surface area contributed by atoms with E-state index in [4.69, 9.17) is 0 Å². The number of nitrogens with zero attached hydrogens (tertiary/aromatic N) is 1. The summed E-state index contributed by atoms with van der Waals surface area (Å²) < 4.78 is 27.6. The summed E-state index contributed by atoms with van der Waals surface area (Å²) in [6.07, 6.45) is 5.50. The fourth-order valence-electron chi connectivity index (χ4n) is 4.07. The van der Waals surface area contributed by atoms with Crippen LogP contribution in [0.2, 0.25) is 0 Å². The van der Waals surface area contributed by atoms with Gasteiger partial charge in [0.25, 0.3) is 5.91 Å². The van der Waals surface area contributed by atoms with Crippen molar-refractivity contribution in [2.75, 3.05) is 6.54 Å². The van der Waals surface area contributed by atoms with E-state index in [1.54, 1.807) is 12.1 Å². The third-order valence-corrected chi connectivity index (χ3v) is 7.70. The number of hydrogen-bond donors (Lipinski definition) is 2. The summed E-state index contributed by atoms with van der Waals surface area (Å²) in [6.45, 7) is 4.68. The van der Waals surface area contributed by atoms with E-state index >= 15 is 0 Å². The quantitative estimate of drug-likeness (QED) is 0.658. The Bertz CT molecular complexity index is 1030. The summed E-state index contributed by atoms with van der Waals surface area (Å²) >= 11 is 0. The van der Waals surface area contributed by atoms with Gasteiger partial charge < -0.3 is 5.32 Å². The molecule has 1 heterocycles. The van der Waals surface area contributed by atoms with Gasteiger partial charge in [0.05, 0.1) is 4.90 Å². The molecule has 2 N–H and O–H groups in total. The van der Waals surface area contributed by atoms with Crippen LogP contribution in [0.1, 0.15) is 60.5 Å². The topological polar surface area (TPSA) is 78.5 Å². The number of sulfonamides is 1. The van der Waals surface area contributed by atoms with Crippen LogP contribution in [0.5, 0.6) is 0 Å². The molecule has 1 aliphatic carbocycles. The molecule has 0 radical (unpaired) electrons. The van der Waals surface area contributed by atoms with E-state index in [1.807, 2.05) is 18.2 Å². The highest BCUT2D eigenvalue weighted by atomic mass is 32.2. The van der Waals surface area contributed by atoms with Crippen LogP contribution in [-0.4, -0.2) is 37.9 Å². The molecule has 1 atom stereocenters. The number of amides is 1. The lowest BCUT2D eigenvalue weighted by Gasteiger charge is -2.33. The molecule has 7 heteroatoms. The van der Waals surface area contributed by atoms with Crippen LogP contribution >= 0.6 is 0 Å². The molecule has 1 amide bonds. The highest BCUT2D eigenvalue weighted by Gasteiger charge is 2.28. The van der Waals surface area contributed by atoms with Gasteiger partial charge in [-0.15, -0.1) is 0 Å². The summed E-state index contributed by atoms with van der Waals surface area (Å²) in [7, 11) is -3.58. The van der Waals surface area contributed by atoms with Crippen molar-refractivity contribution in [3.8, 4) is 0 Å². The lowest BCUT2D eigenvalue weighted by molar-refractivity contribution is 0.0950. The summed E-state index contributed by atoms with van der Waals surface area (Å²) in [6, 6.07) is 15.0. The number of benzene rings is 2. The number of nitrogens with one attached hydrogen (secondary N) is 2. The Balaban J connectivity index is 1.42. The van der Waals surface area contributed by atoms with Crippen molar-refractivity contribution in [3.63, 3.8) is 0 Å².